The predicted octanol–water partition coefficient (Wildman–Crippen LogP) is 2.63. The molecule has 1 aromatic heterocycles. The second-order valence-electron chi connectivity index (χ2n) is 4.69. The van der Waals surface area contributed by atoms with Gasteiger partial charge in [-0.05, 0) is 25.5 Å². The number of hydrogen-bond acceptors (Lipinski definition) is 3. The van der Waals surface area contributed by atoms with Gasteiger partial charge >= 0.3 is 0 Å². The average molecular weight is 238 g/mol. The highest BCUT2D eigenvalue weighted by molar-refractivity contribution is 7.11. The molecule has 0 spiro atoms. The molecule has 2 rings (SSSR count). The molecule has 90 valence electrons. The van der Waals surface area contributed by atoms with Crippen LogP contribution in [-0.2, 0) is 6.54 Å². The average Bonchev–Trinajstić information content (AvgIpc) is 2.65. The van der Waals surface area contributed by atoms with E-state index in [0.29, 0.717) is 6.04 Å². The molecular weight excluding hydrogens is 216 g/mol. The van der Waals surface area contributed by atoms with Gasteiger partial charge in [-0.2, -0.15) is 0 Å². The molecule has 0 bridgehead atoms. The van der Waals surface area contributed by atoms with E-state index in [1.165, 1.54) is 35.7 Å². The van der Waals surface area contributed by atoms with Crippen LogP contribution in [-0.4, -0.2) is 30.6 Å². The van der Waals surface area contributed by atoms with Gasteiger partial charge in [0.05, 0.1) is 0 Å². The summed E-state index contributed by atoms with van der Waals surface area (Å²) in [6, 6.07) is 5.21. The van der Waals surface area contributed by atoms with Crippen molar-refractivity contribution in [3.63, 3.8) is 0 Å². The zero-order valence-corrected chi connectivity index (χ0v) is 11.1. The van der Waals surface area contributed by atoms with Crippen LogP contribution in [0.1, 0.15) is 29.5 Å². The minimum atomic E-state index is 0.708. The van der Waals surface area contributed by atoms with E-state index in [2.05, 4.69) is 36.2 Å². The molecule has 1 aromatic rings. The number of hydrogen-bond donors (Lipinski definition) is 1. The largest absolute Gasteiger partial charge is 0.311 e. The number of thiophene rings is 1. The molecule has 0 radical (unpaired) electrons. The lowest BCUT2D eigenvalue weighted by Gasteiger charge is -2.33. The molecular formula is C13H22N2S. The molecule has 16 heavy (non-hydrogen) atoms. The summed E-state index contributed by atoms with van der Waals surface area (Å²) in [6.45, 7) is 9.15. The Labute approximate surface area is 103 Å². The van der Waals surface area contributed by atoms with Crippen molar-refractivity contribution < 1.29 is 0 Å². The summed E-state index contributed by atoms with van der Waals surface area (Å²) in [5, 5.41) is 3.60. The Morgan fingerprint density at radius 1 is 1.50 bits per heavy atom. The van der Waals surface area contributed by atoms with Gasteiger partial charge in [0, 0.05) is 42.0 Å². The maximum absolute atomic E-state index is 3.60. The van der Waals surface area contributed by atoms with Gasteiger partial charge in [-0.1, -0.05) is 13.3 Å². The lowest BCUT2D eigenvalue weighted by atomic mass is 10.1. The van der Waals surface area contributed by atoms with Gasteiger partial charge in [0.2, 0.25) is 0 Å². The van der Waals surface area contributed by atoms with Crippen molar-refractivity contribution >= 4 is 11.3 Å². The molecule has 1 aliphatic rings. The number of aryl methyl sites for hydroxylation is 1. The molecule has 1 atom stereocenters. The van der Waals surface area contributed by atoms with Gasteiger partial charge in [-0.15, -0.1) is 11.3 Å². The first kappa shape index (κ1) is 12.1. The van der Waals surface area contributed by atoms with E-state index >= 15 is 0 Å². The third-order valence-corrected chi connectivity index (χ3v) is 4.14. The molecule has 1 N–H and O–H groups in total. The molecule has 1 saturated heterocycles. The summed E-state index contributed by atoms with van der Waals surface area (Å²) in [5.74, 6) is 0. The van der Waals surface area contributed by atoms with Crippen molar-refractivity contribution in [3.8, 4) is 0 Å². The Morgan fingerprint density at radius 3 is 3.06 bits per heavy atom. The second kappa shape index (κ2) is 5.80. The fourth-order valence-corrected chi connectivity index (χ4v) is 3.30. The molecule has 1 aliphatic heterocycles. The Kier molecular flexibility index (Phi) is 4.38. The highest BCUT2D eigenvalue weighted by Crippen LogP contribution is 2.18. The molecule has 3 heteroatoms. The molecule has 0 aromatic carbocycles. The summed E-state index contributed by atoms with van der Waals surface area (Å²) in [7, 11) is 0. The predicted molar refractivity (Wildman–Crippen MR) is 71.0 cm³/mol. The van der Waals surface area contributed by atoms with Crippen LogP contribution in [0.5, 0.6) is 0 Å². The molecule has 0 aliphatic carbocycles. The van der Waals surface area contributed by atoms with Gasteiger partial charge in [0.25, 0.3) is 0 Å². The molecule has 1 unspecified atom stereocenters. The summed E-state index contributed by atoms with van der Waals surface area (Å²) >= 11 is 1.93. The van der Waals surface area contributed by atoms with E-state index in [1.54, 1.807) is 0 Å². The maximum Gasteiger partial charge on any atom is 0.0329 e. The highest BCUT2D eigenvalue weighted by atomic mass is 32.1. The summed E-state index contributed by atoms with van der Waals surface area (Å²) < 4.78 is 0. The van der Waals surface area contributed by atoms with Gasteiger partial charge < -0.3 is 5.32 Å². The monoisotopic (exact) mass is 238 g/mol. The van der Waals surface area contributed by atoms with Crippen molar-refractivity contribution in [1.82, 2.24) is 10.2 Å². The van der Waals surface area contributed by atoms with Crippen LogP contribution >= 0.6 is 11.3 Å². The van der Waals surface area contributed by atoms with Gasteiger partial charge in [-0.25, -0.2) is 0 Å². The van der Waals surface area contributed by atoms with E-state index in [9.17, 15) is 0 Å². The van der Waals surface area contributed by atoms with Crippen LogP contribution in [0, 0.1) is 6.92 Å². The summed E-state index contributed by atoms with van der Waals surface area (Å²) in [5.41, 5.74) is 0. The van der Waals surface area contributed by atoms with Crippen LogP contribution in [0.3, 0.4) is 0 Å². The summed E-state index contributed by atoms with van der Waals surface area (Å²) in [4.78, 5) is 5.52. The maximum atomic E-state index is 3.60. The number of nitrogens with zero attached hydrogens (tertiary/aromatic N) is 1. The number of rotatable bonds is 4. The quantitative estimate of drug-likeness (QED) is 0.867. The van der Waals surface area contributed by atoms with Crippen molar-refractivity contribution in [2.75, 3.05) is 19.6 Å². The minimum Gasteiger partial charge on any atom is -0.311 e. The van der Waals surface area contributed by atoms with E-state index < -0.39 is 0 Å². The Hall–Kier alpha value is -0.380. The molecule has 0 amide bonds. The van der Waals surface area contributed by atoms with Crippen LogP contribution in [0.25, 0.3) is 0 Å². The Morgan fingerprint density at radius 2 is 2.38 bits per heavy atom. The van der Waals surface area contributed by atoms with Crippen LogP contribution in [0.15, 0.2) is 12.1 Å². The van der Waals surface area contributed by atoms with Crippen LogP contribution in [0.4, 0.5) is 0 Å². The fourth-order valence-electron chi connectivity index (χ4n) is 2.37. The van der Waals surface area contributed by atoms with E-state index in [-0.39, 0.29) is 0 Å². The Balaban J connectivity index is 1.85. The van der Waals surface area contributed by atoms with Gasteiger partial charge in [-0.3, -0.25) is 4.90 Å². The van der Waals surface area contributed by atoms with Crippen molar-refractivity contribution in [2.24, 2.45) is 0 Å². The third-order valence-electron chi connectivity index (χ3n) is 3.15. The summed E-state index contributed by atoms with van der Waals surface area (Å²) in [6.07, 6.45) is 2.59. The second-order valence-corrected chi connectivity index (χ2v) is 6.06. The zero-order valence-electron chi connectivity index (χ0n) is 10.3. The third kappa shape index (κ3) is 3.30. The number of nitrogens with one attached hydrogen (secondary N) is 1. The lowest BCUT2D eigenvalue weighted by Crippen LogP contribution is -2.49. The zero-order chi connectivity index (χ0) is 11.4. The molecule has 0 saturated carbocycles. The highest BCUT2D eigenvalue weighted by Gasteiger charge is 2.18. The van der Waals surface area contributed by atoms with Crippen LogP contribution < -0.4 is 5.32 Å². The standard InChI is InChI=1S/C13H22N2S/c1-3-4-12-9-15(8-7-14-12)10-13-6-5-11(2)16-13/h5-6,12,14H,3-4,7-10H2,1-2H3. The SMILES string of the molecule is CCCC1CN(Cc2ccc(C)s2)CCN1. The van der Waals surface area contributed by atoms with Crippen molar-refractivity contribution in [1.29, 1.82) is 0 Å². The minimum absolute atomic E-state index is 0.708. The molecule has 2 heterocycles. The van der Waals surface area contributed by atoms with Gasteiger partial charge in [0.1, 0.15) is 0 Å². The Bertz CT molecular complexity index is 319. The van der Waals surface area contributed by atoms with Crippen molar-refractivity contribution in [3.05, 3.63) is 21.9 Å². The molecule has 2 nitrogen and oxygen atoms in total. The van der Waals surface area contributed by atoms with Crippen LogP contribution in [0.2, 0.25) is 0 Å². The first-order chi connectivity index (χ1) is 7.78. The topological polar surface area (TPSA) is 15.3 Å². The van der Waals surface area contributed by atoms with Gasteiger partial charge in [0.15, 0.2) is 0 Å². The fraction of sp³-hybridized carbons (Fsp3) is 0.692. The first-order valence-corrected chi connectivity index (χ1v) is 7.10. The normalized spacial score (nSPS) is 22.5. The van der Waals surface area contributed by atoms with Crippen molar-refractivity contribution in [2.45, 2.75) is 39.3 Å². The van der Waals surface area contributed by atoms with E-state index in [4.69, 9.17) is 0 Å². The van der Waals surface area contributed by atoms with E-state index in [0.717, 1.165) is 13.1 Å². The smallest absolute Gasteiger partial charge is 0.0329 e. The number of piperazine rings is 1. The molecule has 1 fully saturated rings. The first-order valence-electron chi connectivity index (χ1n) is 6.29. The lowest BCUT2D eigenvalue weighted by molar-refractivity contribution is 0.188. The van der Waals surface area contributed by atoms with E-state index in [1.807, 2.05) is 11.3 Å².